The second-order valence-corrected chi connectivity index (χ2v) is 4.26. The summed E-state index contributed by atoms with van der Waals surface area (Å²) in [5.74, 6) is -1.50. The van der Waals surface area contributed by atoms with Gasteiger partial charge < -0.3 is 5.73 Å². The number of rotatable bonds is 3. The topological polar surface area (TPSA) is 26.0 Å². The first-order valence-corrected chi connectivity index (χ1v) is 5.59. The van der Waals surface area contributed by atoms with Crippen molar-refractivity contribution in [3.8, 4) is 0 Å². The number of aryl methyl sites for hydroxylation is 1. The summed E-state index contributed by atoms with van der Waals surface area (Å²) < 4.78 is 49.2. The Balaban J connectivity index is 2.88. The van der Waals surface area contributed by atoms with Crippen molar-refractivity contribution < 1.29 is 17.6 Å². The number of nitrogen functional groups attached to an aromatic ring is 1. The molecule has 1 nitrogen and oxygen atoms in total. The molecule has 0 atom stereocenters. The standard InChI is InChI=1S/C10H11F4NS/c1-2-6-3-9(8(15)4-7(6)11)16-5-10(12,13)14/h3-4H,2,5,15H2,1H3. The Hall–Kier alpha value is -0.910. The summed E-state index contributed by atoms with van der Waals surface area (Å²) in [7, 11) is 0. The Labute approximate surface area is 95.0 Å². The highest BCUT2D eigenvalue weighted by Crippen LogP contribution is 2.32. The van der Waals surface area contributed by atoms with Crippen molar-refractivity contribution in [3.63, 3.8) is 0 Å². The maximum atomic E-state index is 13.2. The molecule has 0 bridgehead atoms. The molecule has 90 valence electrons. The zero-order chi connectivity index (χ0) is 12.3. The molecule has 0 fully saturated rings. The molecule has 0 unspecified atom stereocenters. The first kappa shape index (κ1) is 13.2. The van der Waals surface area contributed by atoms with Crippen LogP contribution in [0.3, 0.4) is 0 Å². The molecule has 16 heavy (non-hydrogen) atoms. The van der Waals surface area contributed by atoms with Gasteiger partial charge in [0, 0.05) is 10.6 Å². The molecule has 1 aromatic rings. The Kier molecular flexibility index (Phi) is 4.07. The van der Waals surface area contributed by atoms with Crippen molar-refractivity contribution in [2.45, 2.75) is 24.4 Å². The summed E-state index contributed by atoms with van der Waals surface area (Å²) in [4.78, 5) is 0.274. The van der Waals surface area contributed by atoms with E-state index in [1.807, 2.05) is 0 Å². The fourth-order valence-electron chi connectivity index (χ4n) is 1.17. The van der Waals surface area contributed by atoms with Crippen molar-refractivity contribution in [1.29, 1.82) is 0 Å². The summed E-state index contributed by atoms with van der Waals surface area (Å²) in [6.45, 7) is 1.73. The quantitative estimate of drug-likeness (QED) is 0.506. The number of anilines is 1. The Morgan fingerprint density at radius 1 is 1.31 bits per heavy atom. The van der Waals surface area contributed by atoms with E-state index in [9.17, 15) is 17.6 Å². The number of thioether (sulfide) groups is 1. The zero-order valence-corrected chi connectivity index (χ0v) is 9.38. The molecule has 1 aromatic carbocycles. The van der Waals surface area contributed by atoms with E-state index >= 15 is 0 Å². The Morgan fingerprint density at radius 2 is 1.94 bits per heavy atom. The molecule has 6 heteroatoms. The average Bonchev–Trinajstić information content (AvgIpc) is 2.15. The minimum absolute atomic E-state index is 0.0453. The zero-order valence-electron chi connectivity index (χ0n) is 8.57. The van der Waals surface area contributed by atoms with Crippen LogP contribution in [0.1, 0.15) is 12.5 Å². The van der Waals surface area contributed by atoms with Gasteiger partial charge in [-0.05, 0) is 24.1 Å². The van der Waals surface area contributed by atoms with E-state index in [1.54, 1.807) is 6.92 Å². The minimum Gasteiger partial charge on any atom is -0.398 e. The molecule has 0 aliphatic heterocycles. The van der Waals surface area contributed by atoms with Gasteiger partial charge in [-0.3, -0.25) is 0 Å². The fraction of sp³-hybridized carbons (Fsp3) is 0.400. The predicted molar refractivity (Wildman–Crippen MR) is 57.0 cm³/mol. The van der Waals surface area contributed by atoms with E-state index in [4.69, 9.17) is 5.73 Å². The summed E-state index contributed by atoms with van der Waals surface area (Å²) in [5, 5.41) is 0. The number of benzene rings is 1. The van der Waals surface area contributed by atoms with Crippen LogP contribution >= 0.6 is 11.8 Å². The lowest BCUT2D eigenvalue weighted by Crippen LogP contribution is -2.11. The molecule has 0 aliphatic carbocycles. The van der Waals surface area contributed by atoms with E-state index in [2.05, 4.69) is 0 Å². The monoisotopic (exact) mass is 253 g/mol. The summed E-state index contributed by atoms with van der Waals surface area (Å²) in [6.07, 6.45) is -3.83. The summed E-state index contributed by atoms with van der Waals surface area (Å²) in [6, 6.07) is 2.44. The molecule has 2 N–H and O–H groups in total. The molecule has 0 heterocycles. The SMILES string of the molecule is CCc1cc(SCC(F)(F)F)c(N)cc1F. The van der Waals surface area contributed by atoms with Crippen LogP contribution in [-0.4, -0.2) is 11.9 Å². The van der Waals surface area contributed by atoms with Crippen LogP contribution in [-0.2, 0) is 6.42 Å². The second-order valence-electron chi connectivity index (χ2n) is 3.24. The van der Waals surface area contributed by atoms with Gasteiger partial charge in [0.1, 0.15) is 5.82 Å². The van der Waals surface area contributed by atoms with E-state index in [1.165, 1.54) is 6.07 Å². The number of nitrogens with two attached hydrogens (primary N) is 1. The number of halogens is 4. The molecule has 0 aliphatic rings. The van der Waals surface area contributed by atoms with Gasteiger partial charge in [-0.1, -0.05) is 6.92 Å². The smallest absolute Gasteiger partial charge is 0.398 e. The molecular formula is C10H11F4NS. The molecule has 0 amide bonds. The van der Waals surface area contributed by atoms with Crippen molar-refractivity contribution in [2.24, 2.45) is 0 Å². The van der Waals surface area contributed by atoms with Gasteiger partial charge in [0.15, 0.2) is 0 Å². The number of hydrogen-bond donors (Lipinski definition) is 1. The molecule has 0 saturated heterocycles. The molecule has 0 aromatic heterocycles. The third kappa shape index (κ3) is 3.59. The van der Waals surface area contributed by atoms with Gasteiger partial charge >= 0.3 is 6.18 Å². The van der Waals surface area contributed by atoms with Gasteiger partial charge in [0.25, 0.3) is 0 Å². The Morgan fingerprint density at radius 3 is 2.44 bits per heavy atom. The highest BCUT2D eigenvalue weighted by molar-refractivity contribution is 7.99. The highest BCUT2D eigenvalue weighted by atomic mass is 32.2. The van der Waals surface area contributed by atoms with Gasteiger partial charge in [-0.15, -0.1) is 11.8 Å². The normalized spacial score (nSPS) is 11.8. The maximum absolute atomic E-state index is 13.2. The highest BCUT2D eigenvalue weighted by Gasteiger charge is 2.27. The third-order valence-corrected chi connectivity index (χ3v) is 3.09. The van der Waals surface area contributed by atoms with Crippen molar-refractivity contribution in [2.75, 3.05) is 11.5 Å². The third-order valence-electron chi connectivity index (χ3n) is 1.95. The fourth-order valence-corrected chi connectivity index (χ4v) is 1.94. The predicted octanol–water partition coefficient (Wildman–Crippen LogP) is 3.62. The number of hydrogen-bond acceptors (Lipinski definition) is 2. The largest absolute Gasteiger partial charge is 0.398 e. The van der Waals surface area contributed by atoms with Crippen LogP contribution in [0.25, 0.3) is 0 Å². The van der Waals surface area contributed by atoms with Gasteiger partial charge in [-0.2, -0.15) is 13.2 Å². The van der Waals surface area contributed by atoms with Gasteiger partial charge in [-0.25, -0.2) is 4.39 Å². The number of alkyl halides is 3. The average molecular weight is 253 g/mol. The Bertz CT molecular complexity index is 376. The lowest BCUT2D eigenvalue weighted by molar-refractivity contribution is -0.105. The van der Waals surface area contributed by atoms with Crippen LogP contribution in [0.15, 0.2) is 17.0 Å². The van der Waals surface area contributed by atoms with Gasteiger partial charge in [0.2, 0.25) is 0 Å². The molecule has 1 rings (SSSR count). The van der Waals surface area contributed by atoms with Crippen LogP contribution in [0, 0.1) is 5.82 Å². The van der Waals surface area contributed by atoms with Crippen molar-refractivity contribution in [1.82, 2.24) is 0 Å². The summed E-state index contributed by atoms with van der Waals surface area (Å²) >= 11 is 0.576. The van der Waals surface area contributed by atoms with E-state index < -0.39 is 17.7 Å². The van der Waals surface area contributed by atoms with Crippen LogP contribution in [0.4, 0.5) is 23.2 Å². The molecule has 0 spiro atoms. The molecular weight excluding hydrogens is 242 g/mol. The van der Waals surface area contributed by atoms with Crippen molar-refractivity contribution in [3.05, 3.63) is 23.5 Å². The second kappa shape index (κ2) is 4.95. The van der Waals surface area contributed by atoms with E-state index in [0.717, 1.165) is 6.07 Å². The van der Waals surface area contributed by atoms with E-state index in [-0.39, 0.29) is 10.6 Å². The summed E-state index contributed by atoms with van der Waals surface area (Å²) in [5.41, 5.74) is 5.87. The maximum Gasteiger partial charge on any atom is 0.398 e. The van der Waals surface area contributed by atoms with Crippen LogP contribution < -0.4 is 5.73 Å². The first-order valence-electron chi connectivity index (χ1n) is 4.61. The van der Waals surface area contributed by atoms with Crippen LogP contribution in [0.5, 0.6) is 0 Å². The lowest BCUT2D eigenvalue weighted by Gasteiger charge is -2.10. The first-order chi connectivity index (χ1) is 7.33. The van der Waals surface area contributed by atoms with E-state index in [0.29, 0.717) is 23.7 Å². The van der Waals surface area contributed by atoms with Crippen LogP contribution in [0.2, 0.25) is 0 Å². The molecule has 0 radical (unpaired) electrons. The van der Waals surface area contributed by atoms with Crippen molar-refractivity contribution >= 4 is 17.4 Å². The molecule has 0 saturated carbocycles. The lowest BCUT2D eigenvalue weighted by atomic mass is 10.1. The minimum atomic E-state index is -4.25. The van der Waals surface area contributed by atoms with Gasteiger partial charge in [0.05, 0.1) is 5.75 Å².